The molecule has 0 aromatic heterocycles. The molecule has 1 aliphatic heterocycles. The zero-order chi connectivity index (χ0) is 24.8. The van der Waals surface area contributed by atoms with Crippen molar-refractivity contribution in [1.82, 2.24) is 10.2 Å². The molecule has 0 saturated carbocycles. The molecule has 3 aromatic rings. The average molecular weight is 472 g/mol. The summed E-state index contributed by atoms with van der Waals surface area (Å²) in [5, 5.41) is 4.94. The molecular formula is C29H33N3O3. The Kier molecular flexibility index (Phi) is 7.80. The van der Waals surface area contributed by atoms with Gasteiger partial charge in [-0.1, -0.05) is 61.5 Å². The molecular weight excluding hydrogens is 438 g/mol. The topological polar surface area (TPSA) is 69.7 Å². The highest BCUT2D eigenvalue weighted by molar-refractivity contribution is 6.25. The molecule has 1 heterocycles. The Morgan fingerprint density at radius 3 is 2.49 bits per heavy atom. The van der Waals surface area contributed by atoms with Gasteiger partial charge in [0.2, 0.25) is 11.8 Å². The molecule has 0 saturated heterocycles. The van der Waals surface area contributed by atoms with Crippen molar-refractivity contribution in [2.45, 2.75) is 45.6 Å². The first-order chi connectivity index (χ1) is 17.0. The molecule has 1 N–H and O–H groups in total. The van der Waals surface area contributed by atoms with E-state index in [2.05, 4.69) is 5.32 Å². The van der Waals surface area contributed by atoms with Crippen LogP contribution in [0.4, 0.5) is 5.69 Å². The van der Waals surface area contributed by atoms with Gasteiger partial charge in [-0.25, -0.2) is 0 Å². The fourth-order valence-corrected chi connectivity index (χ4v) is 4.70. The zero-order valence-corrected chi connectivity index (χ0v) is 20.5. The molecule has 35 heavy (non-hydrogen) atoms. The van der Waals surface area contributed by atoms with Crippen molar-refractivity contribution in [3.8, 4) is 0 Å². The molecule has 0 fully saturated rings. The Bertz CT molecular complexity index is 1200. The maximum Gasteiger partial charge on any atom is 0.258 e. The van der Waals surface area contributed by atoms with Crippen molar-refractivity contribution >= 4 is 34.2 Å². The smallest absolute Gasteiger partial charge is 0.258 e. The standard InChI is InChI=1S/C29H33N3O3/c1-3-18-30-28(34)21(2)31(20-17-22-10-5-4-6-11-22)26(33)16-9-19-32-25-15-8-13-23-12-7-14-24(27(23)25)29(32)35/h4-8,10-15,21H,3,9,16-20H2,1-2H3,(H,30,34). The van der Waals surface area contributed by atoms with E-state index in [4.69, 9.17) is 0 Å². The monoisotopic (exact) mass is 471 g/mol. The van der Waals surface area contributed by atoms with Crippen molar-refractivity contribution in [1.29, 1.82) is 0 Å². The molecule has 6 heteroatoms. The van der Waals surface area contributed by atoms with Crippen LogP contribution >= 0.6 is 0 Å². The van der Waals surface area contributed by atoms with Crippen LogP contribution in [0.25, 0.3) is 10.8 Å². The Labute approximate surface area is 206 Å². The van der Waals surface area contributed by atoms with Crippen LogP contribution < -0.4 is 10.2 Å². The van der Waals surface area contributed by atoms with Crippen LogP contribution in [0.5, 0.6) is 0 Å². The summed E-state index contributed by atoms with van der Waals surface area (Å²) in [6.45, 7) is 5.31. The van der Waals surface area contributed by atoms with E-state index in [9.17, 15) is 14.4 Å². The molecule has 4 rings (SSSR count). The molecule has 182 valence electrons. The minimum atomic E-state index is -0.552. The molecule has 3 aromatic carbocycles. The number of hydrogen-bond donors (Lipinski definition) is 1. The summed E-state index contributed by atoms with van der Waals surface area (Å²) in [5.41, 5.74) is 2.75. The van der Waals surface area contributed by atoms with Gasteiger partial charge in [-0.05, 0) is 49.3 Å². The van der Waals surface area contributed by atoms with E-state index in [0.29, 0.717) is 32.5 Å². The number of nitrogens with zero attached hydrogens (tertiary/aromatic N) is 2. The van der Waals surface area contributed by atoms with Crippen LogP contribution in [0.1, 0.15) is 49.0 Å². The maximum absolute atomic E-state index is 13.3. The summed E-state index contributed by atoms with van der Waals surface area (Å²) >= 11 is 0. The Morgan fingerprint density at radius 1 is 1.00 bits per heavy atom. The van der Waals surface area contributed by atoms with Gasteiger partial charge < -0.3 is 15.1 Å². The number of amides is 3. The van der Waals surface area contributed by atoms with Crippen molar-refractivity contribution in [2.24, 2.45) is 0 Å². The molecule has 0 radical (unpaired) electrons. The number of carbonyl (C=O) groups is 3. The third-order valence-corrected chi connectivity index (χ3v) is 6.62. The third-order valence-electron chi connectivity index (χ3n) is 6.62. The van der Waals surface area contributed by atoms with Crippen LogP contribution in [-0.2, 0) is 16.0 Å². The fourth-order valence-electron chi connectivity index (χ4n) is 4.70. The van der Waals surface area contributed by atoms with E-state index < -0.39 is 6.04 Å². The molecule has 1 aliphatic rings. The second-order valence-corrected chi connectivity index (χ2v) is 9.03. The molecule has 1 unspecified atom stereocenters. The second kappa shape index (κ2) is 11.2. The second-order valence-electron chi connectivity index (χ2n) is 9.03. The van der Waals surface area contributed by atoms with E-state index in [0.717, 1.165) is 34.0 Å². The van der Waals surface area contributed by atoms with E-state index >= 15 is 0 Å². The molecule has 0 bridgehead atoms. The summed E-state index contributed by atoms with van der Waals surface area (Å²) in [6, 6.07) is 21.1. The van der Waals surface area contributed by atoms with Gasteiger partial charge in [0.1, 0.15) is 6.04 Å². The minimum absolute atomic E-state index is 0.0162. The predicted octanol–water partition coefficient (Wildman–Crippen LogP) is 4.57. The third kappa shape index (κ3) is 5.37. The lowest BCUT2D eigenvalue weighted by Gasteiger charge is -2.29. The van der Waals surface area contributed by atoms with Crippen LogP contribution in [0.2, 0.25) is 0 Å². The van der Waals surface area contributed by atoms with Crippen LogP contribution in [-0.4, -0.2) is 48.3 Å². The number of anilines is 1. The molecule has 0 spiro atoms. The maximum atomic E-state index is 13.3. The SMILES string of the molecule is CCCNC(=O)C(C)N(CCc1ccccc1)C(=O)CCCN1C(=O)c2cccc3cccc1c23. The average Bonchev–Trinajstić information content (AvgIpc) is 3.16. The molecule has 1 atom stereocenters. The van der Waals surface area contributed by atoms with Crippen molar-refractivity contribution in [2.75, 3.05) is 24.5 Å². The summed E-state index contributed by atoms with van der Waals surface area (Å²) in [4.78, 5) is 42.4. The van der Waals surface area contributed by atoms with Gasteiger partial charge in [-0.3, -0.25) is 14.4 Å². The summed E-state index contributed by atoms with van der Waals surface area (Å²) in [6.07, 6.45) is 2.33. The van der Waals surface area contributed by atoms with Gasteiger partial charge in [-0.15, -0.1) is 0 Å². The number of carbonyl (C=O) groups excluding carboxylic acids is 3. The summed E-state index contributed by atoms with van der Waals surface area (Å²) in [7, 11) is 0. The first-order valence-corrected chi connectivity index (χ1v) is 12.5. The highest BCUT2D eigenvalue weighted by atomic mass is 16.2. The van der Waals surface area contributed by atoms with Gasteiger partial charge >= 0.3 is 0 Å². The van der Waals surface area contributed by atoms with E-state index in [-0.39, 0.29) is 24.1 Å². The van der Waals surface area contributed by atoms with Gasteiger partial charge in [0.15, 0.2) is 0 Å². The van der Waals surface area contributed by atoms with Gasteiger partial charge in [-0.2, -0.15) is 0 Å². The molecule has 6 nitrogen and oxygen atoms in total. The fraction of sp³-hybridized carbons (Fsp3) is 0.345. The van der Waals surface area contributed by atoms with Crippen LogP contribution in [0.15, 0.2) is 66.7 Å². The number of hydrogen-bond acceptors (Lipinski definition) is 3. The molecule has 0 aliphatic carbocycles. The van der Waals surface area contributed by atoms with Crippen LogP contribution in [0, 0.1) is 0 Å². The minimum Gasteiger partial charge on any atom is -0.354 e. The van der Waals surface area contributed by atoms with Gasteiger partial charge in [0, 0.05) is 37.0 Å². The predicted molar refractivity (Wildman–Crippen MR) is 139 cm³/mol. The zero-order valence-electron chi connectivity index (χ0n) is 20.5. The number of rotatable bonds is 11. The highest BCUT2D eigenvalue weighted by Gasteiger charge is 2.30. The largest absolute Gasteiger partial charge is 0.354 e. The quantitative estimate of drug-likeness (QED) is 0.446. The van der Waals surface area contributed by atoms with E-state index in [1.807, 2.05) is 73.7 Å². The number of nitrogens with one attached hydrogen (secondary N) is 1. The summed E-state index contributed by atoms with van der Waals surface area (Å²) < 4.78 is 0. The van der Waals surface area contributed by atoms with Crippen molar-refractivity contribution < 1.29 is 14.4 Å². The van der Waals surface area contributed by atoms with Crippen molar-refractivity contribution in [3.63, 3.8) is 0 Å². The first-order valence-electron chi connectivity index (χ1n) is 12.5. The van der Waals surface area contributed by atoms with Crippen molar-refractivity contribution in [3.05, 3.63) is 77.9 Å². The Balaban J connectivity index is 1.41. The molecule has 3 amide bonds. The normalized spacial score (nSPS) is 13.2. The first kappa shape index (κ1) is 24.5. The van der Waals surface area contributed by atoms with Crippen LogP contribution in [0.3, 0.4) is 0 Å². The van der Waals surface area contributed by atoms with E-state index in [1.54, 1.807) is 16.7 Å². The highest BCUT2D eigenvalue weighted by Crippen LogP contribution is 2.37. The lowest BCUT2D eigenvalue weighted by atomic mass is 10.1. The Morgan fingerprint density at radius 2 is 1.74 bits per heavy atom. The Hall–Kier alpha value is -3.67. The number of benzene rings is 3. The summed E-state index contributed by atoms with van der Waals surface area (Å²) in [5.74, 6) is -0.218. The van der Waals surface area contributed by atoms with Gasteiger partial charge in [0.25, 0.3) is 5.91 Å². The van der Waals surface area contributed by atoms with Gasteiger partial charge in [0.05, 0.1) is 5.69 Å². The lowest BCUT2D eigenvalue weighted by Crippen LogP contribution is -2.49. The van der Waals surface area contributed by atoms with E-state index in [1.165, 1.54) is 0 Å². The lowest BCUT2D eigenvalue weighted by molar-refractivity contribution is -0.139.